The van der Waals surface area contributed by atoms with Crippen molar-refractivity contribution in [1.29, 1.82) is 0 Å². The summed E-state index contributed by atoms with van der Waals surface area (Å²) < 4.78 is 2.10. The van der Waals surface area contributed by atoms with Gasteiger partial charge in [-0.25, -0.2) is 0 Å². The van der Waals surface area contributed by atoms with Crippen LogP contribution >= 0.6 is 12.4 Å². The molecule has 0 aliphatic heterocycles. The molecule has 0 amide bonds. The molecule has 1 aromatic heterocycles. The predicted octanol–water partition coefficient (Wildman–Crippen LogP) is 2.37. The number of hydrogen-bond donors (Lipinski definition) is 2. The predicted molar refractivity (Wildman–Crippen MR) is 73.4 cm³/mol. The molecule has 4 heteroatoms. The molecule has 0 saturated heterocycles. The van der Waals surface area contributed by atoms with Crippen molar-refractivity contribution < 1.29 is 5.11 Å². The molecule has 3 N–H and O–H groups in total. The molecule has 0 radical (unpaired) electrons. The van der Waals surface area contributed by atoms with Crippen LogP contribution in [0.4, 0.5) is 0 Å². The Balaban J connectivity index is 0.00000144. The van der Waals surface area contributed by atoms with Gasteiger partial charge in [-0.05, 0) is 24.5 Å². The molecule has 1 heterocycles. The highest BCUT2D eigenvalue weighted by molar-refractivity contribution is 5.85. The van der Waals surface area contributed by atoms with Gasteiger partial charge < -0.3 is 15.4 Å². The van der Waals surface area contributed by atoms with E-state index >= 15 is 0 Å². The maximum atomic E-state index is 8.82. The molecule has 1 aromatic carbocycles. The lowest BCUT2D eigenvalue weighted by Gasteiger charge is -2.09. The van der Waals surface area contributed by atoms with Gasteiger partial charge in [0, 0.05) is 36.8 Å². The Hall–Kier alpha value is -1.03. The van der Waals surface area contributed by atoms with Gasteiger partial charge in [0.25, 0.3) is 0 Å². The molecule has 0 aliphatic carbocycles. The minimum Gasteiger partial charge on any atom is -0.396 e. The second kappa shape index (κ2) is 6.05. The first kappa shape index (κ1) is 14.0. The van der Waals surface area contributed by atoms with Crippen LogP contribution in [0.2, 0.25) is 0 Å². The number of benzene rings is 1. The molecule has 0 aliphatic rings. The summed E-state index contributed by atoms with van der Waals surface area (Å²) in [5.74, 6) is 0. The number of aliphatic hydroxyl groups excluding tert-OH is 1. The van der Waals surface area contributed by atoms with Crippen molar-refractivity contribution in [3.05, 3.63) is 36.0 Å². The molecular weight excluding hydrogens is 236 g/mol. The summed E-state index contributed by atoms with van der Waals surface area (Å²) in [5, 5.41) is 10.0. The van der Waals surface area contributed by atoms with Crippen LogP contribution in [-0.2, 0) is 7.05 Å². The van der Waals surface area contributed by atoms with Crippen molar-refractivity contribution in [2.45, 2.75) is 18.9 Å². The van der Waals surface area contributed by atoms with Crippen molar-refractivity contribution in [2.24, 2.45) is 12.8 Å². The van der Waals surface area contributed by atoms with Crippen LogP contribution in [0.25, 0.3) is 10.9 Å². The van der Waals surface area contributed by atoms with Crippen LogP contribution in [0.15, 0.2) is 30.5 Å². The molecule has 0 bridgehead atoms. The molecule has 2 aromatic rings. The van der Waals surface area contributed by atoms with Gasteiger partial charge in [0.15, 0.2) is 0 Å². The third-order valence-electron chi connectivity index (χ3n) is 3.00. The lowest BCUT2D eigenvalue weighted by atomic mass is 10.0. The number of nitrogens with zero attached hydrogens (tertiary/aromatic N) is 1. The Morgan fingerprint density at radius 2 is 2.06 bits per heavy atom. The third-order valence-corrected chi connectivity index (χ3v) is 3.00. The van der Waals surface area contributed by atoms with E-state index in [1.807, 2.05) is 19.2 Å². The maximum absolute atomic E-state index is 8.82. The van der Waals surface area contributed by atoms with Crippen LogP contribution in [0.5, 0.6) is 0 Å². The number of aliphatic hydroxyl groups is 1. The first-order chi connectivity index (χ1) is 7.74. The van der Waals surface area contributed by atoms with Gasteiger partial charge in [-0.2, -0.15) is 0 Å². The largest absolute Gasteiger partial charge is 0.396 e. The topological polar surface area (TPSA) is 51.2 Å². The van der Waals surface area contributed by atoms with Gasteiger partial charge in [0.2, 0.25) is 0 Å². The molecular formula is C13H19ClN2O. The van der Waals surface area contributed by atoms with E-state index in [1.165, 1.54) is 16.5 Å². The van der Waals surface area contributed by atoms with Gasteiger partial charge in [-0.15, -0.1) is 12.4 Å². The zero-order chi connectivity index (χ0) is 11.5. The van der Waals surface area contributed by atoms with Crippen LogP contribution in [0, 0.1) is 0 Å². The molecule has 0 unspecified atom stereocenters. The molecule has 3 nitrogen and oxygen atoms in total. The van der Waals surface area contributed by atoms with E-state index in [9.17, 15) is 0 Å². The van der Waals surface area contributed by atoms with E-state index in [4.69, 9.17) is 10.8 Å². The Morgan fingerprint density at radius 1 is 1.35 bits per heavy atom. The summed E-state index contributed by atoms with van der Waals surface area (Å²) in [6, 6.07) is 8.27. The maximum Gasteiger partial charge on any atom is 0.0481 e. The highest BCUT2D eigenvalue weighted by Gasteiger charge is 2.12. The molecule has 0 fully saturated rings. The van der Waals surface area contributed by atoms with Crippen molar-refractivity contribution >= 4 is 23.3 Å². The highest BCUT2D eigenvalue weighted by Crippen LogP contribution is 2.26. The number of aryl methyl sites for hydroxylation is 1. The second-order valence-electron chi connectivity index (χ2n) is 4.18. The molecule has 0 saturated carbocycles. The van der Waals surface area contributed by atoms with Gasteiger partial charge in [0.05, 0.1) is 0 Å². The summed E-state index contributed by atoms with van der Waals surface area (Å²) in [6.45, 7) is 0.207. The number of nitrogens with two attached hydrogens (primary N) is 1. The van der Waals surface area contributed by atoms with Crippen molar-refractivity contribution in [1.82, 2.24) is 4.57 Å². The van der Waals surface area contributed by atoms with E-state index in [0.29, 0.717) is 0 Å². The second-order valence-corrected chi connectivity index (χ2v) is 4.18. The minimum absolute atomic E-state index is 0. The molecule has 2 rings (SSSR count). The number of hydrogen-bond acceptors (Lipinski definition) is 2. The van der Waals surface area contributed by atoms with Crippen LogP contribution < -0.4 is 5.73 Å². The quantitative estimate of drug-likeness (QED) is 0.880. The normalized spacial score (nSPS) is 12.4. The average Bonchev–Trinajstić information content (AvgIpc) is 2.65. The number of rotatable bonds is 4. The Bertz CT molecular complexity index is 481. The van der Waals surface area contributed by atoms with Crippen LogP contribution in [0.3, 0.4) is 0 Å². The lowest BCUT2D eigenvalue weighted by molar-refractivity contribution is 0.280. The number of aromatic nitrogens is 1. The average molecular weight is 255 g/mol. The van der Waals surface area contributed by atoms with Crippen LogP contribution in [0.1, 0.15) is 24.4 Å². The zero-order valence-corrected chi connectivity index (χ0v) is 10.8. The molecule has 94 valence electrons. The van der Waals surface area contributed by atoms with E-state index in [1.54, 1.807) is 0 Å². The summed E-state index contributed by atoms with van der Waals surface area (Å²) >= 11 is 0. The van der Waals surface area contributed by atoms with Gasteiger partial charge in [0.1, 0.15) is 0 Å². The first-order valence-corrected chi connectivity index (χ1v) is 5.64. The number of halogens is 1. The highest BCUT2D eigenvalue weighted by atomic mass is 35.5. The van der Waals surface area contributed by atoms with Crippen molar-refractivity contribution in [3.8, 4) is 0 Å². The fourth-order valence-electron chi connectivity index (χ4n) is 2.14. The smallest absolute Gasteiger partial charge is 0.0481 e. The van der Waals surface area contributed by atoms with Gasteiger partial charge in [-0.1, -0.05) is 18.2 Å². The Morgan fingerprint density at radius 3 is 2.76 bits per heavy atom. The first-order valence-electron chi connectivity index (χ1n) is 5.64. The van der Waals surface area contributed by atoms with Gasteiger partial charge >= 0.3 is 0 Å². The lowest BCUT2D eigenvalue weighted by Crippen LogP contribution is -2.10. The van der Waals surface area contributed by atoms with E-state index in [0.717, 1.165) is 12.8 Å². The zero-order valence-electron chi connectivity index (χ0n) is 9.97. The number of para-hydroxylation sites is 1. The Kier molecular flexibility index (Phi) is 5.00. The Labute approximate surface area is 108 Å². The monoisotopic (exact) mass is 254 g/mol. The van der Waals surface area contributed by atoms with E-state index < -0.39 is 0 Å². The fourth-order valence-corrected chi connectivity index (χ4v) is 2.14. The summed E-state index contributed by atoms with van der Waals surface area (Å²) in [6.07, 6.45) is 3.67. The standard InChI is InChI=1S/C13H18N2O.ClH/c1-15-9-11(12(14)6-4-8-16)10-5-2-3-7-13(10)15;/h2-3,5,7,9,12,16H,4,6,8,14H2,1H3;1H/t12-;/m0./s1. The molecule has 0 spiro atoms. The number of fused-ring (bicyclic) bond motifs is 1. The minimum atomic E-state index is 0. The van der Waals surface area contributed by atoms with Crippen molar-refractivity contribution in [2.75, 3.05) is 6.61 Å². The molecule has 1 atom stereocenters. The van der Waals surface area contributed by atoms with Crippen LogP contribution in [-0.4, -0.2) is 16.3 Å². The third kappa shape index (κ3) is 2.80. The van der Waals surface area contributed by atoms with E-state index in [2.05, 4.69) is 22.9 Å². The summed E-state index contributed by atoms with van der Waals surface area (Å²) in [5.41, 5.74) is 8.51. The SMILES string of the molecule is Cl.Cn1cc([C@@H](N)CCCO)c2ccccc21. The fraction of sp³-hybridized carbons (Fsp3) is 0.385. The van der Waals surface area contributed by atoms with E-state index in [-0.39, 0.29) is 25.1 Å². The summed E-state index contributed by atoms with van der Waals surface area (Å²) in [7, 11) is 2.03. The molecule has 17 heavy (non-hydrogen) atoms. The van der Waals surface area contributed by atoms with Crippen molar-refractivity contribution in [3.63, 3.8) is 0 Å². The summed E-state index contributed by atoms with van der Waals surface area (Å²) in [4.78, 5) is 0. The van der Waals surface area contributed by atoms with Gasteiger partial charge in [-0.3, -0.25) is 0 Å².